The fourth-order valence-electron chi connectivity index (χ4n) is 4.28. The zero-order valence-electron chi connectivity index (χ0n) is 22.8. The van der Waals surface area contributed by atoms with Crippen molar-refractivity contribution in [3.8, 4) is 5.75 Å². The summed E-state index contributed by atoms with van der Waals surface area (Å²) in [6.07, 6.45) is -4.51. The van der Waals surface area contributed by atoms with Gasteiger partial charge in [-0.05, 0) is 36.6 Å². The van der Waals surface area contributed by atoms with Crippen LogP contribution in [0.5, 0.6) is 5.75 Å². The maximum Gasteiger partial charge on any atom is 0.459 e. The van der Waals surface area contributed by atoms with Gasteiger partial charge in [-0.15, -0.1) is 0 Å². The van der Waals surface area contributed by atoms with Crippen molar-refractivity contribution in [3.05, 3.63) is 110 Å². The maximum atomic E-state index is 14.2. The highest BCUT2D eigenvalue weighted by atomic mass is 31.2. The Morgan fingerprint density at radius 2 is 1.86 bits per heavy atom. The number of H-pyrrole nitrogens is 1. The lowest BCUT2D eigenvalue weighted by Crippen LogP contribution is -2.46. The molecule has 1 fully saturated rings. The number of esters is 1. The molecule has 3 aromatic rings. The van der Waals surface area contributed by atoms with Crippen molar-refractivity contribution in [1.29, 1.82) is 0 Å². The summed E-state index contributed by atoms with van der Waals surface area (Å²) in [6, 6.07) is 16.3. The second kappa shape index (κ2) is 13.8. The smallest absolute Gasteiger partial charge is 0.459 e. The van der Waals surface area contributed by atoms with Gasteiger partial charge in [0.2, 0.25) is 5.72 Å². The summed E-state index contributed by atoms with van der Waals surface area (Å²) >= 11 is 0. The van der Waals surface area contributed by atoms with Crippen LogP contribution in [0.4, 0.5) is 0 Å². The number of hydrogen-bond acceptors (Lipinski definition) is 11. The Morgan fingerprint density at radius 1 is 1.19 bits per heavy atom. The van der Waals surface area contributed by atoms with E-state index in [-0.39, 0.29) is 18.8 Å². The van der Waals surface area contributed by atoms with E-state index in [2.05, 4.69) is 15.1 Å². The summed E-state index contributed by atoms with van der Waals surface area (Å²) in [5.41, 5.74) is 5.83. The normalized spacial score (nSPS) is 23.5. The number of azide groups is 1. The van der Waals surface area contributed by atoms with Crippen molar-refractivity contribution in [2.45, 2.75) is 43.5 Å². The Labute approximate surface area is 244 Å². The van der Waals surface area contributed by atoms with Crippen LogP contribution in [0.15, 0.2) is 87.6 Å². The van der Waals surface area contributed by atoms with Gasteiger partial charge in [0.1, 0.15) is 24.0 Å². The molecule has 0 aliphatic carbocycles. The molecule has 1 aliphatic rings. The van der Waals surface area contributed by atoms with E-state index < -0.39 is 61.8 Å². The van der Waals surface area contributed by atoms with E-state index in [0.717, 1.165) is 16.8 Å². The molecule has 0 bridgehead atoms. The molecule has 1 aromatic heterocycles. The Hall–Kier alpha value is -4.27. The Bertz CT molecular complexity index is 1610. The molecule has 2 heterocycles. The van der Waals surface area contributed by atoms with Gasteiger partial charge in [-0.1, -0.05) is 53.6 Å². The van der Waals surface area contributed by atoms with Crippen LogP contribution < -0.4 is 20.9 Å². The molecule has 17 heteroatoms. The van der Waals surface area contributed by atoms with Crippen molar-refractivity contribution in [2.75, 3.05) is 13.2 Å². The number of para-hydroxylation sites is 1. The van der Waals surface area contributed by atoms with E-state index in [0.29, 0.717) is 5.56 Å². The van der Waals surface area contributed by atoms with Crippen LogP contribution in [-0.2, 0) is 29.8 Å². The van der Waals surface area contributed by atoms with E-state index in [1.807, 2.05) is 4.98 Å². The van der Waals surface area contributed by atoms with Crippen molar-refractivity contribution in [3.63, 3.8) is 0 Å². The molecule has 43 heavy (non-hydrogen) atoms. The van der Waals surface area contributed by atoms with Crippen molar-refractivity contribution in [1.82, 2.24) is 14.6 Å². The standard InChI is InChI=1S/C26H29N6O10P/c1-2-39-24(36)19(15-17-9-5-3-6-10-17)29-43(38,42-18-11-7-4-8-12-18)40-16-26(30-31-27)22(35)21(34)23(41-26)32-14-13-20(33)28-25(32)37/h3-14,19,21-23,34-35H,2,15-16H2,1H3,(H,29,38)(H,28,33,37)/t19-,21+,22-,23+,26+,43?/m0/s1. The van der Waals surface area contributed by atoms with Crippen LogP contribution in [0.2, 0.25) is 0 Å². The van der Waals surface area contributed by atoms with Crippen molar-refractivity contribution < 1.29 is 38.1 Å². The van der Waals surface area contributed by atoms with Gasteiger partial charge in [-0.3, -0.25) is 23.7 Å². The molecule has 0 spiro atoms. The fourth-order valence-corrected chi connectivity index (χ4v) is 5.79. The SMILES string of the molecule is CCOC(=O)[C@H](Cc1ccccc1)NP(=O)(OC[C@@]1(N=[N+]=[N-])O[C@@H](n2ccc(=O)[nH]c2=O)[C@H](O)[C@@H]1O)Oc1ccccc1. The second-order valence-corrected chi connectivity index (χ2v) is 11.0. The molecule has 1 saturated heterocycles. The number of rotatable bonds is 13. The molecule has 16 nitrogen and oxygen atoms in total. The maximum absolute atomic E-state index is 14.2. The zero-order chi connectivity index (χ0) is 31.0. The Balaban J connectivity index is 1.66. The quantitative estimate of drug-likeness (QED) is 0.0711. The van der Waals surface area contributed by atoms with Crippen molar-refractivity contribution >= 4 is 13.7 Å². The number of ether oxygens (including phenoxy) is 2. The minimum absolute atomic E-state index is 0.0156. The van der Waals surface area contributed by atoms with Crippen LogP contribution in [0, 0.1) is 0 Å². The van der Waals surface area contributed by atoms with Gasteiger partial charge >= 0.3 is 19.4 Å². The van der Waals surface area contributed by atoms with Gasteiger partial charge in [-0.25, -0.2) is 9.36 Å². The molecule has 4 rings (SSSR count). The second-order valence-electron chi connectivity index (χ2n) is 9.29. The number of nitrogens with zero attached hydrogens (tertiary/aromatic N) is 4. The fraction of sp³-hybridized carbons (Fsp3) is 0.346. The molecule has 228 valence electrons. The van der Waals surface area contributed by atoms with Crippen LogP contribution in [0.25, 0.3) is 10.4 Å². The van der Waals surface area contributed by atoms with Crippen LogP contribution in [0.1, 0.15) is 18.7 Å². The molecule has 0 radical (unpaired) electrons. The first-order valence-corrected chi connectivity index (χ1v) is 14.5. The largest absolute Gasteiger partial charge is 0.465 e. The lowest BCUT2D eigenvalue weighted by Gasteiger charge is -2.30. The summed E-state index contributed by atoms with van der Waals surface area (Å²) in [7, 11) is -4.61. The molecule has 1 aliphatic heterocycles. The highest BCUT2D eigenvalue weighted by molar-refractivity contribution is 7.52. The van der Waals surface area contributed by atoms with Crippen LogP contribution >= 0.6 is 7.75 Å². The molecule has 4 N–H and O–H groups in total. The number of aromatic amines is 1. The number of aliphatic hydroxyl groups excluding tert-OH is 2. The summed E-state index contributed by atoms with van der Waals surface area (Å²) in [6.45, 7) is 0.647. The summed E-state index contributed by atoms with van der Waals surface area (Å²) in [5.74, 6) is -0.689. The molecule has 0 saturated carbocycles. The number of benzene rings is 2. The van der Waals surface area contributed by atoms with E-state index in [1.165, 1.54) is 12.1 Å². The van der Waals surface area contributed by atoms with Crippen LogP contribution in [-0.4, -0.2) is 62.9 Å². The van der Waals surface area contributed by atoms with Crippen molar-refractivity contribution in [2.24, 2.45) is 5.11 Å². The van der Waals surface area contributed by atoms with E-state index >= 15 is 0 Å². The predicted octanol–water partition coefficient (Wildman–Crippen LogP) is 1.76. The van der Waals surface area contributed by atoms with E-state index in [1.54, 1.807) is 55.5 Å². The average Bonchev–Trinajstić information content (AvgIpc) is 3.22. The first kappa shape index (κ1) is 31.7. The average molecular weight is 617 g/mol. The number of hydrogen-bond donors (Lipinski definition) is 4. The third-order valence-corrected chi connectivity index (χ3v) is 7.87. The zero-order valence-corrected chi connectivity index (χ0v) is 23.6. The Morgan fingerprint density at radius 3 is 2.49 bits per heavy atom. The minimum atomic E-state index is -4.61. The van der Waals surface area contributed by atoms with Gasteiger partial charge in [0.15, 0.2) is 6.23 Å². The number of nitrogens with one attached hydrogen (secondary N) is 2. The molecule has 6 atom stereocenters. The number of aliphatic hydroxyl groups is 2. The monoisotopic (exact) mass is 616 g/mol. The first-order valence-electron chi connectivity index (χ1n) is 13.0. The third kappa shape index (κ3) is 7.58. The van der Waals surface area contributed by atoms with Gasteiger partial charge in [-0.2, -0.15) is 5.09 Å². The van der Waals surface area contributed by atoms with Gasteiger partial charge in [0.25, 0.3) is 5.56 Å². The Kier molecular flexibility index (Phi) is 10.2. The summed E-state index contributed by atoms with van der Waals surface area (Å²) in [5, 5.41) is 27.7. The lowest BCUT2D eigenvalue weighted by atomic mass is 10.1. The lowest BCUT2D eigenvalue weighted by molar-refractivity contribution is -0.145. The predicted molar refractivity (Wildman–Crippen MR) is 150 cm³/mol. The first-order chi connectivity index (χ1) is 20.6. The number of aromatic nitrogens is 2. The minimum Gasteiger partial charge on any atom is -0.465 e. The van der Waals surface area contributed by atoms with E-state index in [9.17, 15) is 34.7 Å². The van der Waals surface area contributed by atoms with Crippen LogP contribution in [0.3, 0.4) is 0 Å². The summed E-state index contributed by atoms with van der Waals surface area (Å²) < 4.78 is 37.1. The molecule has 1 unspecified atom stereocenters. The molecular formula is C26H29N6O10P. The molecule has 0 amide bonds. The molecule has 2 aromatic carbocycles. The highest BCUT2D eigenvalue weighted by Gasteiger charge is 2.56. The topological polar surface area (TPSA) is 227 Å². The summed E-state index contributed by atoms with van der Waals surface area (Å²) in [4.78, 5) is 41.4. The number of carbonyl (C=O) groups is 1. The van der Waals surface area contributed by atoms with Gasteiger partial charge < -0.3 is 24.2 Å². The molecular weight excluding hydrogens is 587 g/mol. The number of carbonyl (C=O) groups excluding carboxylic acids is 1. The van der Waals surface area contributed by atoms with Gasteiger partial charge in [0.05, 0.1) is 13.2 Å². The third-order valence-electron chi connectivity index (χ3n) is 6.32. The van der Waals surface area contributed by atoms with Gasteiger partial charge in [0, 0.05) is 17.2 Å². The highest BCUT2D eigenvalue weighted by Crippen LogP contribution is 2.48. The van der Waals surface area contributed by atoms with E-state index in [4.69, 9.17) is 18.5 Å².